The molecule has 3 heterocycles. The molecule has 3 aliphatic rings. The lowest BCUT2D eigenvalue weighted by Crippen LogP contribution is -2.44. The molecule has 4 nitrogen and oxygen atoms in total. The van der Waals surface area contributed by atoms with E-state index in [4.69, 9.17) is 4.74 Å². The van der Waals surface area contributed by atoms with Crippen LogP contribution in [-0.4, -0.2) is 74.4 Å². The Hall–Kier alpha value is -0.160. The van der Waals surface area contributed by atoms with E-state index in [0.717, 1.165) is 25.8 Å². The molecule has 0 radical (unpaired) electrons. The molecule has 0 saturated carbocycles. The molecule has 3 rings (SSSR count). The van der Waals surface area contributed by atoms with Crippen LogP contribution in [0.2, 0.25) is 0 Å². The van der Waals surface area contributed by atoms with Crippen LogP contribution < -0.4 is 5.32 Å². The summed E-state index contributed by atoms with van der Waals surface area (Å²) in [5, 5.41) is 3.67. The summed E-state index contributed by atoms with van der Waals surface area (Å²) in [5.41, 5.74) is 0. The summed E-state index contributed by atoms with van der Waals surface area (Å²) in [6.07, 6.45) is 6.85. The predicted octanol–water partition coefficient (Wildman–Crippen LogP) is 1.56. The molecule has 0 aromatic carbocycles. The highest BCUT2D eigenvalue weighted by Gasteiger charge is 2.33. The Morgan fingerprint density at radius 3 is 2.76 bits per heavy atom. The van der Waals surface area contributed by atoms with E-state index in [9.17, 15) is 0 Å². The summed E-state index contributed by atoms with van der Waals surface area (Å²) in [7, 11) is 0. The Labute approximate surface area is 130 Å². The number of ether oxygens (including phenoxy) is 1. The van der Waals surface area contributed by atoms with E-state index in [1.807, 2.05) is 0 Å². The third-order valence-electron chi connectivity index (χ3n) is 5.50. The Balaban J connectivity index is 1.43. The fraction of sp³-hybridized carbons (Fsp3) is 1.00. The normalized spacial score (nSPS) is 35.6. The molecular weight excluding hydrogens is 262 g/mol. The summed E-state index contributed by atoms with van der Waals surface area (Å²) in [6.45, 7) is 11.7. The molecule has 3 aliphatic heterocycles. The SMILES string of the molecule is CCCNC1COCC1CN1CCC(N2CCCCC2)C1. The molecule has 0 aromatic heterocycles. The van der Waals surface area contributed by atoms with Gasteiger partial charge in [0.25, 0.3) is 0 Å². The molecule has 0 amide bonds. The second-order valence-corrected chi connectivity index (χ2v) is 7.16. The summed E-state index contributed by atoms with van der Waals surface area (Å²) in [5.74, 6) is 0.691. The minimum Gasteiger partial charge on any atom is -0.379 e. The van der Waals surface area contributed by atoms with E-state index in [-0.39, 0.29) is 0 Å². The minimum atomic E-state index is 0.582. The van der Waals surface area contributed by atoms with Gasteiger partial charge in [-0.1, -0.05) is 13.3 Å². The van der Waals surface area contributed by atoms with Crippen molar-refractivity contribution in [3.63, 3.8) is 0 Å². The molecule has 0 aromatic rings. The van der Waals surface area contributed by atoms with Crippen molar-refractivity contribution in [2.24, 2.45) is 5.92 Å². The summed E-state index contributed by atoms with van der Waals surface area (Å²) < 4.78 is 5.72. The maximum atomic E-state index is 5.72. The quantitative estimate of drug-likeness (QED) is 0.805. The Kier molecular flexibility index (Phi) is 5.92. The van der Waals surface area contributed by atoms with E-state index >= 15 is 0 Å². The first-order valence-electron chi connectivity index (χ1n) is 9.14. The summed E-state index contributed by atoms with van der Waals surface area (Å²) >= 11 is 0. The van der Waals surface area contributed by atoms with Gasteiger partial charge in [-0.15, -0.1) is 0 Å². The van der Waals surface area contributed by atoms with Gasteiger partial charge in [-0.05, 0) is 51.9 Å². The molecule has 3 fully saturated rings. The van der Waals surface area contributed by atoms with Crippen molar-refractivity contribution in [1.82, 2.24) is 15.1 Å². The first-order valence-corrected chi connectivity index (χ1v) is 9.14. The predicted molar refractivity (Wildman–Crippen MR) is 86.7 cm³/mol. The molecule has 0 aliphatic carbocycles. The summed E-state index contributed by atoms with van der Waals surface area (Å²) in [6, 6.07) is 1.41. The third kappa shape index (κ3) is 4.19. The number of rotatable bonds is 6. The Morgan fingerprint density at radius 1 is 1.10 bits per heavy atom. The van der Waals surface area contributed by atoms with Crippen molar-refractivity contribution in [3.05, 3.63) is 0 Å². The first-order chi connectivity index (χ1) is 10.4. The van der Waals surface area contributed by atoms with Gasteiger partial charge in [0, 0.05) is 31.1 Å². The van der Waals surface area contributed by atoms with Crippen LogP contribution in [0.5, 0.6) is 0 Å². The van der Waals surface area contributed by atoms with Crippen LogP contribution >= 0.6 is 0 Å². The molecule has 122 valence electrons. The van der Waals surface area contributed by atoms with Gasteiger partial charge in [0.05, 0.1) is 13.2 Å². The fourth-order valence-electron chi connectivity index (χ4n) is 4.23. The summed E-state index contributed by atoms with van der Waals surface area (Å²) in [4.78, 5) is 5.45. The zero-order valence-corrected chi connectivity index (χ0v) is 13.7. The van der Waals surface area contributed by atoms with Gasteiger partial charge in [0.15, 0.2) is 0 Å². The smallest absolute Gasteiger partial charge is 0.0623 e. The third-order valence-corrected chi connectivity index (χ3v) is 5.50. The van der Waals surface area contributed by atoms with Gasteiger partial charge in [-0.2, -0.15) is 0 Å². The van der Waals surface area contributed by atoms with E-state index < -0.39 is 0 Å². The largest absolute Gasteiger partial charge is 0.379 e. The van der Waals surface area contributed by atoms with Crippen LogP contribution in [0.4, 0.5) is 0 Å². The molecule has 3 atom stereocenters. The highest BCUT2D eigenvalue weighted by molar-refractivity contribution is 4.89. The minimum absolute atomic E-state index is 0.582. The number of nitrogens with one attached hydrogen (secondary N) is 1. The fourth-order valence-corrected chi connectivity index (χ4v) is 4.23. The van der Waals surface area contributed by atoms with E-state index in [2.05, 4.69) is 22.0 Å². The lowest BCUT2D eigenvalue weighted by Gasteiger charge is -2.32. The van der Waals surface area contributed by atoms with Crippen molar-refractivity contribution < 1.29 is 4.74 Å². The lowest BCUT2D eigenvalue weighted by molar-refractivity contribution is 0.151. The van der Waals surface area contributed by atoms with Crippen LogP contribution in [0.3, 0.4) is 0 Å². The molecule has 21 heavy (non-hydrogen) atoms. The number of hydrogen-bond donors (Lipinski definition) is 1. The molecule has 3 saturated heterocycles. The van der Waals surface area contributed by atoms with Crippen molar-refractivity contribution in [1.29, 1.82) is 0 Å². The lowest BCUT2D eigenvalue weighted by atomic mass is 10.0. The average Bonchev–Trinajstić information content (AvgIpc) is 3.16. The number of nitrogens with zero attached hydrogens (tertiary/aromatic N) is 2. The van der Waals surface area contributed by atoms with Crippen molar-refractivity contribution >= 4 is 0 Å². The molecule has 0 spiro atoms. The van der Waals surface area contributed by atoms with Crippen molar-refractivity contribution in [2.75, 3.05) is 52.5 Å². The van der Waals surface area contributed by atoms with E-state index in [1.165, 1.54) is 64.8 Å². The number of hydrogen-bond acceptors (Lipinski definition) is 4. The van der Waals surface area contributed by atoms with Crippen LogP contribution in [0, 0.1) is 5.92 Å². The average molecular weight is 295 g/mol. The van der Waals surface area contributed by atoms with Gasteiger partial charge >= 0.3 is 0 Å². The van der Waals surface area contributed by atoms with Gasteiger partial charge in [0.2, 0.25) is 0 Å². The number of piperidine rings is 1. The Bertz CT molecular complexity index is 306. The standard InChI is InChI=1S/C17H33N3O/c1-2-7-18-17-14-21-13-15(17)11-19-10-6-16(12-19)20-8-4-3-5-9-20/h15-18H,2-14H2,1H3. The zero-order chi connectivity index (χ0) is 14.5. The molecule has 0 bridgehead atoms. The maximum Gasteiger partial charge on any atom is 0.0623 e. The van der Waals surface area contributed by atoms with Crippen LogP contribution in [0.15, 0.2) is 0 Å². The highest BCUT2D eigenvalue weighted by Crippen LogP contribution is 2.23. The van der Waals surface area contributed by atoms with Crippen molar-refractivity contribution in [3.8, 4) is 0 Å². The number of likely N-dealkylation sites (tertiary alicyclic amines) is 2. The molecular formula is C17H33N3O. The second kappa shape index (κ2) is 7.91. The van der Waals surface area contributed by atoms with Gasteiger partial charge in [-0.25, -0.2) is 0 Å². The van der Waals surface area contributed by atoms with Gasteiger partial charge in [-0.3, -0.25) is 4.90 Å². The van der Waals surface area contributed by atoms with Crippen LogP contribution in [-0.2, 0) is 4.74 Å². The highest BCUT2D eigenvalue weighted by atomic mass is 16.5. The van der Waals surface area contributed by atoms with E-state index in [0.29, 0.717) is 12.0 Å². The zero-order valence-electron chi connectivity index (χ0n) is 13.7. The topological polar surface area (TPSA) is 27.7 Å². The van der Waals surface area contributed by atoms with Gasteiger partial charge in [0.1, 0.15) is 0 Å². The molecule has 3 unspecified atom stereocenters. The molecule has 4 heteroatoms. The van der Waals surface area contributed by atoms with Gasteiger partial charge < -0.3 is 15.0 Å². The maximum absolute atomic E-state index is 5.72. The van der Waals surface area contributed by atoms with E-state index in [1.54, 1.807) is 0 Å². The second-order valence-electron chi connectivity index (χ2n) is 7.16. The van der Waals surface area contributed by atoms with Crippen LogP contribution in [0.1, 0.15) is 39.0 Å². The first kappa shape index (κ1) is 15.7. The molecule has 1 N–H and O–H groups in total. The Morgan fingerprint density at radius 2 is 1.95 bits per heavy atom. The van der Waals surface area contributed by atoms with Crippen molar-refractivity contribution in [2.45, 2.75) is 51.1 Å². The monoisotopic (exact) mass is 295 g/mol. The van der Waals surface area contributed by atoms with Crippen LogP contribution in [0.25, 0.3) is 0 Å².